The van der Waals surface area contributed by atoms with Gasteiger partial charge in [0.1, 0.15) is 6.33 Å². The number of benzene rings is 1. The Morgan fingerprint density at radius 3 is 2.78 bits per heavy atom. The molecule has 23 heavy (non-hydrogen) atoms. The molecule has 1 aromatic carbocycles. The second-order valence-electron chi connectivity index (χ2n) is 5.68. The molecule has 126 valence electrons. The summed E-state index contributed by atoms with van der Waals surface area (Å²) in [7, 11) is -2.46. The molecule has 7 heteroatoms. The number of nitrogens with one attached hydrogen (secondary N) is 1. The summed E-state index contributed by atoms with van der Waals surface area (Å²) in [6.07, 6.45) is 3.10. The smallest absolute Gasteiger partial charge is 0.200 e. The SMILES string of the molecule is CCOP(C)(=O)CCC(C)NCc1nncn1-c1ccccc1. The minimum Gasteiger partial charge on any atom is -0.329 e. The minimum absolute atomic E-state index is 0.227. The van der Waals surface area contributed by atoms with Crippen molar-refractivity contribution < 1.29 is 9.09 Å². The topological polar surface area (TPSA) is 69.0 Å². The lowest BCUT2D eigenvalue weighted by Crippen LogP contribution is -2.27. The van der Waals surface area contributed by atoms with E-state index in [4.69, 9.17) is 4.52 Å². The lowest BCUT2D eigenvalue weighted by Gasteiger charge is -2.17. The Hall–Kier alpha value is -1.49. The van der Waals surface area contributed by atoms with Gasteiger partial charge in [-0.3, -0.25) is 9.13 Å². The van der Waals surface area contributed by atoms with Gasteiger partial charge in [0.2, 0.25) is 0 Å². The van der Waals surface area contributed by atoms with Crippen LogP contribution in [0.5, 0.6) is 0 Å². The van der Waals surface area contributed by atoms with E-state index in [-0.39, 0.29) is 6.04 Å². The zero-order chi connectivity index (χ0) is 16.7. The van der Waals surface area contributed by atoms with Crippen LogP contribution in [0.1, 0.15) is 26.1 Å². The number of hydrogen-bond donors (Lipinski definition) is 1. The van der Waals surface area contributed by atoms with Gasteiger partial charge >= 0.3 is 0 Å². The first-order valence-corrected chi connectivity index (χ1v) is 10.2. The van der Waals surface area contributed by atoms with Crippen LogP contribution >= 0.6 is 7.37 Å². The predicted molar refractivity (Wildman–Crippen MR) is 92.3 cm³/mol. The van der Waals surface area contributed by atoms with Crippen LogP contribution < -0.4 is 5.32 Å². The van der Waals surface area contributed by atoms with E-state index in [0.717, 1.165) is 17.9 Å². The van der Waals surface area contributed by atoms with Crippen LogP contribution in [0.2, 0.25) is 0 Å². The van der Waals surface area contributed by atoms with Crippen molar-refractivity contribution in [2.24, 2.45) is 0 Å². The molecule has 0 aliphatic carbocycles. The quantitative estimate of drug-likeness (QED) is 0.713. The van der Waals surface area contributed by atoms with E-state index in [1.165, 1.54) is 0 Å². The monoisotopic (exact) mass is 336 g/mol. The van der Waals surface area contributed by atoms with Crippen LogP contribution in [0.4, 0.5) is 0 Å². The largest absolute Gasteiger partial charge is 0.329 e. The first-order chi connectivity index (χ1) is 11.0. The highest BCUT2D eigenvalue weighted by atomic mass is 31.2. The zero-order valence-corrected chi connectivity index (χ0v) is 14.9. The van der Waals surface area contributed by atoms with Crippen molar-refractivity contribution in [2.45, 2.75) is 32.9 Å². The van der Waals surface area contributed by atoms with Gasteiger partial charge in [-0.1, -0.05) is 18.2 Å². The maximum absolute atomic E-state index is 12.1. The van der Waals surface area contributed by atoms with E-state index in [2.05, 4.69) is 22.4 Å². The molecular weight excluding hydrogens is 311 g/mol. The van der Waals surface area contributed by atoms with E-state index in [1.54, 1.807) is 13.0 Å². The van der Waals surface area contributed by atoms with Gasteiger partial charge in [0, 0.05) is 24.6 Å². The van der Waals surface area contributed by atoms with Gasteiger partial charge in [-0.05, 0) is 32.4 Å². The number of nitrogens with zero attached hydrogens (tertiary/aromatic N) is 3. The van der Waals surface area contributed by atoms with E-state index >= 15 is 0 Å². The molecule has 1 heterocycles. The van der Waals surface area contributed by atoms with E-state index in [0.29, 0.717) is 19.3 Å². The van der Waals surface area contributed by atoms with Gasteiger partial charge in [0.25, 0.3) is 0 Å². The lowest BCUT2D eigenvalue weighted by atomic mass is 10.2. The fraction of sp³-hybridized carbons (Fsp3) is 0.500. The fourth-order valence-electron chi connectivity index (χ4n) is 2.32. The second-order valence-corrected chi connectivity index (χ2v) is 8.41. The Labute approximate surface area is 137 Å². The summed E-state index contributed by atoms with van der Waals surface area (Å²) in [5.41, 5.74) is 1.04. The lowest BCUT2D eigenvalue weighted by molar-refractivity contribution is 0.334. The highest BCUT2D eigenvalue weighted by molar-refractivity contribution is 7.58. The summed E-state index contributed by atoms with van der Waals surface area (Å²) < 4.78 is 19.4. The molecule has 2 rings (SSSR count). The highest BCUT2D eigenvalue weighted by Gasteiger charge is 2.17. The van der Waals surface area contributed by atoms with Crippen LogP contribution in [-0.2, 0) is 15.6 Å². The number of rotatable bonds is 9. The van der Waals surface area contributed by atoms with Crippen molar-refractivity contribution in [1.29, 1.82) is 0 Å². The Morgan fingerprint density at radius 1 is 1.35 bits per heavy atom. The van der Waals surface area contributed by atoms with Gasteiger partial charge in [0.05, 0.1) is 13.2 Å². The van der Waals surface area contributed by atoms with Gasteiger partial charge in [0.15, 0.2) is 13.2 Å². The molecule has 0 fully saturated rings. The molecule has 0 aliphatic rings. The second kappa shape index (κ2) is 8.39. The van der Waals surface area contributed by atoms with Crippen LogP contribution in [0.15, 0.2) is 36.7 Å². The third-order valence-electron chi connectivity index (χ3n) is 3.63. The number of aromatic nitrogens is 3. The first kappa shape index (κ1) is 17.9. The highest BCUT2D eigenvalue weighted by Crippen LogP contribution is 2.42. The van der Waals surface area contributed by atoms with E-state index < -0.39 is 7.37 Å². The first-order valence-electron chi connectivity index (χ1n) is 7.90. The van der Waals surface area contributed by atoms with E-state index in [9.17, 15) is 4.57 Å². The molecule has 1 N–H and O–H groups in total. The number of hydrogen-bond acceptors (Lipinski definition) is 5. The predicted octanol–water partition coefficient (Wildman–Crippen LogP) is 3.08. The molecule has 1 aromatic heterocycles. The average Bonchev–Trinajstić information content (AvgIpc) is 3.00. The molecule has 0 radical (unpaired) electrons. The average molecular weight is 336 g/mol. The Bertz CT molecular complexity index is 645. The molecule has 0 bridgehead atoms. The summed E-state index contributed by atoms with van der Waals surface area (Å²) in [5.74, 6) is 0.854. The third kappa shape index (κ3) is 5.57. The van der Waals surface area contributed by atoms with Crippen LogP contribution in [-0.4, -0.2) is 40.2 Å². The molecule has 0 spiro atoms. The van der Waals surface area contributed by atoms with Crippen molar-refractivity contribution in [2.75, 3.05) is 19.4 Å². The summed E-state index contributed by atoms with van der Waals surface area (Å²) in [6.45, 7) is 6.76. The zero-order valence-electron chi connectivity index (χ0n) is 14.0. The summed E-state index contributed by atoms with van der Waals surface area (Å²) in [6, 6.07) is 10.2. The molecule has 2 aromatic rings. The molecule has 0 amide bonds. The van der Waals surface area contributed by atoms with Crippen LogP contribution in [0.3, 0.4) is 0 Å². The standard InChI is InChI=1S/C16H25N4O2P/c1-4-22-23(3,21)11-10-14(2)17-12-16-19-18-13-20(16)15-8-6-5-7-9-15/h5-9,13-14,17H,4,10-12H2,1-3H3. The summed E-state index contributed by atoms with van der Waals surface area (Å²) >= 11 is 0. The maximum atomic E-state index is 12.1. The summed E-state index contributed by atoms with van der Waals surface area (Å²) in [5, 5.41) is 11.6. The van der Waals surface area contributed by atoms with Crippen molar-refractivity contribution in [3.05, 3.63) is 42.5 Å². The Kier molecular flexibility index (Phi) is 6.51. The summed E-state index contributed by atoms with van der Waals surface area (Å²) in [4.78, 5) is 0. The fourth-order valence-corrected chi connectivity index (χ4v) is 3.85. The Morgan fingerprint density at radius 2 is 2.09 bits per heavy atom. The molecule has 2 unspecified atom stereocenters. The van der Waals surface area contributed by atoms with Crippen molar-refractivity contribution in [1.82, 2.24) is 20.1 Å². The number of para-hydroxylation sites is 1. The third-order valence-corrected chi connectivity index (χ3v) is 5.51. The van der Waals surface area contributed by atoms with Crippen LogP contribution in [0, 0.1) is 0 Å². The maximum Gasteiger partial charge on any atom is 0.200 e. The Balaban J connectivity index is 1.87. The van der Waals surface area contributed by atoms with Gasteiger partial charge in [-0.2, -0.15) is 0 Å². The van der Waals surface area contributed by atoms with Gasteiger partial charge < -0.3 is 9.84 Å². The normalized spacial score (nSPS) is 15.3. The molecule has 2 atom stereocenters. The minimum atomic E-state index is -2.46. The molecular formula is C16H25N4O2P. The molecule has 0 saturated carbocycles. The van der Waals surface area contributed by atoms with E-state index in [1.807, 2.05) is 41.8 Å². The van der Waals surface area contributed by atoms with Crippen LogP contribution in [0.25, 0.3) is 5.69 Å². The molecule has 0 aliphatic heterocycles. The van der Waals surface area contributed by atoms with Crippen molar-refractivity contribution in [3.63, 3.8) is 0 Å². The van der Waals surface area contributed by atoms with Gasteiger partial charge in [-0.25, -0.2) is 0 Å². The van der Waals surface area contributed by atoms with Gasteiger partial charge in [-0.15, -0.1) is 10.2 Å². The van der Waals surface area contributed by atoms with Crippen molar-refractivity contribution in [3.8, 4) is 5.69 Å². The van der Waals surface area contributed by atoms with Crippen molar-refractivity contribution >= 4 is 7.37 Å². The molecule has 0 saturated heterocycles. The molecule has 6 nitrogen and oxygen atoms in total.